The average molecular weight is 330 g/mol. The Balaban J connectivity index is 2.31. The first kappa shape index (κ1) is 16.7. The number of sulfone groups is 1. The third kappa shape index (κ3) is 3.76. The summed E-state index contributed by atoms with van der Waals surface area (Å²) in [6.07, 6.45) is 1.96. The highest BCUT2D eigenvalue weighted by molar-refractivity contribution is 7.95. The molecule has 1 N–H and O–H groups in total. The van der Waals surface area contributed by atoms with Gasteiger partial charge in [-0.05, 0) is 36.2 Å². The minimum atomic E-state index is -4.20. The smallest absolute Gasteiger partial charge is 0.220 e. The van der Waals surface area contributed by atoms with E-state index in [4.69, 9.17) is 5.26 Å². The van der Waals surface area contributed by atoms with Crippen molar-refractivity contribution in [3.8, 4) is 6.07 Å². The Labute approximate surface area is 134 Å². The number of halogens is 1. The molecular weight excluding hydrogens is 315 g/mol. The molecule has 2 rings (SSSR count). The summed E-state index contributed by atoms with van der Waals surface area (Å²) in [4.78, 5) is -1.07. The summed E-state index contributed by atoms with van der Waals surface area (Å²) in [6.45, 7) is 2.02. The van der Waals surface area contributed by atoms with E-state index in [1.807, 2.05) is 19.1 Å². The molecule has 0 saturated heterocycles. The lowest BCUT2D eigenvalue weighted by molar-refractivity contribution is 0.571. The Morgan fingerprint density at radius 3 is 2.43 bits per heavy atom. The van der Waals surface area contributed by atoms with E-state index in [1.54, 1.807) is 18.2 Å². The molecule has 0 saturated carbocycles. The van der Waals surface area contributed by atoms with Crippen LogP contribution in [-0.2, 0) is 16.3 Å². The second-order valence-electron chi connectivity index (χ2n) is 4.75. The maximum absolute atomic E-state index is 13.7. The number of hydrogen-bond donors (Lipinski definition) is 1. The normalized spacial score (nSPS) is 11.8. The molecule has 0 bridgehead atoms. The molecule has 0 aliphatic heterocycles. The molecule has 23 heavy (non-hydrogen) atoms. The number of allylic oxidation sites excluding steroid dienone is 1. The lowest BCUT2D eigenvalue weighted by atomic mass is 10.1. The number of nitrogens with one attached hydrogen (secondary N) is 1. The monoisotopic (exact) mass is 330 g/mol. The van der Waals surface area contributed by atoms with Gasteiger partial charge in [0.2, 0.25) is 9.84 Å². The van der Waals surface area contributed by atoms with Crippen LogP contribution in [0.5, 0.6) is 0 Å². The summed E-state index contributed by atoms with van der Waals surface area (Å²) in [6, 6.07) is 13.9. The molecule has 118 valence electrons. The first-order valence-corrected chi connectivity index (χ1v) is 8.42. The van der Waals surface area contributed by atoms with Crippen LogP contribution in [0.3, 0.4) is 0 Å². The van der Waals surface area contributed by atoms with E-state index in [0.29, 0.717) is 5.69 Å². The number of benzene rings is 2. The molecule has 2 aromatic carbocycles. The maximum atomic E-state index is 13.7. The first-order chi connectivity index (χ1) is 11.0. The molecule has 0 amide bonds. The van der Waals surface area contributed by atoms with Gasteiger partial charge in [-0.1, -0.05) is 31.2 Å². The Hall–Kier alpha value is -2.65. The summed E-state index contributed by atoms with van der Waals surface area (Å²) < 4.78 is 38.4. The lowest BCUT2D eigenvalue weighted by Crippen LogP contribution is -2.07. The molecule has 0 atom stereocenters. The van der Waals surface area contributed by atoms with Gasteiger partial charge in [0, 0.05) is 11.9 Å². The van der Waals surface area contributed by atoms with Crippen molar-refractivity contribution >= 4 is 15.5 Å². The van der Waals surface area contributed by atoms with E-state index >= 15 is 0 Å². The molecule has 6 heteroatoms. The molecule has 0 radical (unpaired) electrons. The second kappa shape index (κ2) is 7.07. The summed E-state index contributed by atoms with van der Waals surface area (Å²) in [5, 5.41) is 11.9. The van der Waals surface area contributed by atoms with E-state index in [0.717, 1.165) is 30.3 Å². The quantitative estimate of drug-likeness (QED) is 0.850. The zero-order valence-corrected chi connectivity index (χ0v) is 13.3. The van der Waals surface area contributed by atoms with Gasteiger partial charge in [0.1, 0.15) is 16.8 Å². The molecular formula is C17H15FN2O2S. The fourth-order valence-corrected chi connectivity index (χ4v) is 3.09. The van der Waals surface area contributed by atoms with Crippen molar-refractivity contribution in [1.82, 2.24) is 0 Å². The largest absolute Gasteiger partial charge is 0.360 e. The number of nitrogens with zero attached hydrogens (tertiary/aromatic N) is 1. The van der Waals surface area contributed by atoms with Crippen molar-refractivity contribution in [3.63, 3.8) is 0 Å². The van der Waals surface area contributed by atoms with Gasteiger partial charge in [-0.3, -0.25) is 0 Å². The van der Waals surface area contributed by atoms with Gasteiger partial charge < -0.3 is 5.32 Å². The topological polar surface area (TPSA) is 70.0 Å². The van der Waals surface area contributed by atoms with Crippen molar-refractivity contribution in [3.05, 3.63) is 71.0 Å². The van der Waals surface area contributed by atoms with Crippen molar-refractivity contribution in [2.24, 2.45) is 0 Å². The highest BCUT2D eigenvalue weighted by Gasteiger charge is 2.24. The molecule has 0 unspecified atom stereocenters. The van der Waals surface area contributed by atoms with Crippen molar-refractivity contribution in [1.29, 1.82) is 5.26 Å². The second-order valence-corrected chi connectivity index (χ2v) is 6.64. The molecule has 0 heterocycles. The van der Waals surface area contributed by atoms with Gasteiger partial charge in [0.25, 0.3) is 0 Å². The van der Waals surface area contributed by atoms with Crippen LogP contribution in [0.25, 0.3) is 0 Å². The van der Waals surface area contributed by atoms with Crippen molar-refractivity contribution in [2.45, 2.75) is 18.2 Å². The molecule has 4 nitrogen and oxygen atoms in total. The molecule has 2 aromatic rings. The minimum absolute atomic E-state index is 0.518. The molecule has 0 spiro atoms. The minimum Gasteiger partial charge on any atom is -0.360 e. The lowest BCUT2D eigenvalue weighted by Gasteiger charge is -2.06. The van der Waals surface area contributed by atoms with Crippen LogP contribution >= 0.6 is 0 Å². The third-order valence-electron chi connectivity index (χ3n) is 3.26. The Morgan fingerprint density at radius 2 is 1.87 bits per heavy atom. The van der Waals surface area contributed by atoms with Gasteiger partial charge in [0.05, 0.1) is 0 Å². The van der Waals surface area contributed by atoms with Crippen molar-refractivity contribution < 1.29 is 12.8 Å². The van der Waals surface area contributed by atoms with E-state index < -0.39 is 25.5 Å². The predicted octanol–water partition coefficient (Wildman–Crippen LogP) is 3.64. The summed E-state index contributed by atoms with van der Waals surface area (Å²) in [5.74, 6) is -0.888. The number of aryl methyl sites for hydroxylation is 1. The van der Waals surface area contributed by atoms with E-state index in [1.165, 1.54) is 12.1 Å². The summed E-state index contributed by atoms with van der Waals surface area (Å²) in [5.41, 5.74) is 1.78. The van der Waals surface area contributed by atoms with Crippen molar-refractivity contribution in [2.75, 3.05) is 5.32 Å². The highest BCUT2D eigenvalue weighted by Crippen LogP contribution is 2.22. The third-order valence-corrected chi connectivity index (χ3v) is 4.96. The first-order valence-electron chi connectivity index (χ1n) is 6.94. The molecule has 0 aromatic heterocycles. The van der Waals surface area contributed by atoms with Crippen LogP contribution in [0, 0.1) is 17.1 Å². The van der Waals surface area contributed by atoms with E-state index in [2.05, 4.69) is 5.32 Å². The number of anilines is 1. The molecule has 0 fully saturated rings. The Kier molecular flexibility index (Phi) is 5.14. The molecule has 0 aliphatic rings. The van der Waals surface area contributed by atoms with Crippen LogP contribution in [0.4, 0.5) is 10.1 Å². The Morgan fingerprint density at radius 1 is 1.22 bits per heavy atom. The zero-order valence-electron chi connectivity index (χ0n) is 12.5. The predicted molar refractivity (Wildman–Crippen MR) is 86.7 cm³/mol. The van der Waals surface area contributed by atoms with Crippen LogP contribution in [-0.4, -0.2) is 8.42 Å². The van der Waals surface area contributed by atoms with Crippen LogP contribution in [0.1, 0.15) is 12.5 Å². The van der Waals surface area contributed by atoms with Gasteiger partial charge in [0.15, 0.2) is 4.91 Å². The number of rotatable bonds is 5. The fraction of sp³-hybridized carbons (Fsp3) is 0.118. The fourth-order valence-electron chi connectivity index (χ4n) is 1.94. The van der Waals surface area contributed by atoms with Gasteiger partial charge >= 0.3 is 0 Å². The van der Waals surface area contributed by atoms with Crippen LogP contribution in [0.15, 0.2) is 64.5 Å². The van der Waals surface area contributed by atoms with E-state index in [9.17, 15) is 12.8 Å². The summed E-state index contributed by atoms with van der Waals surface area (Å²) in [7, 11) is -4.20. The number of nitriles is 1. The molecule has 0 aliphatic carbocycles. The van der Waals surface area contributed by atoms with Crippen LogP contribution in [0.2, 0.25) is 0 Å². The number of hydrogen-bond acceptors (Lipinski definition) is 4. The summed E-state index contributed by atoms with van der Waals surface area (Å²) >= 11 is 0. The average Bonchev–Trinajstić information content (AvgIpc) is 2.56. The highest BCUT2D eigenvalue weighted by atomic mass is 32.2. The Bertz CT molecular complexity index is 866. The zero-order chi connectivity index (χ0) is 16.9. The standard InChI is InChI=1S/C17H15FN2O2S/c1-2-13-7-9-14(10-8-13)20-12-15(11-19)23(21,22)17-6-4-3-5-16(17)18/h3-10,12,20H,2H2,1H3/b15-12-. The van der Waals surface area contributed by atoms with Gasteiger partial charge in [-0.25, -0.2) is 12.8 Å². The maximum Gasteiger partial charge on any atom is 0.220 e. The van der Waals surface area contributed by atoms with Gasteiger partial charge in [-0.15, -0.1) is 0 Å². The van der Waals surface area contributed by atoms with Crippen LogP contribution < -0.4 is 5.32 Å². The van der Waals surface area contributed by atoms with E-state index in [-0.39, 0.29) is 0 Å². The SMILES string of the molecule is CCc1ccc(N/C=C(/C#N)S(=O)(=O)c2ccccc2F)cc1. The van der Waals surface area contributed by atoms with Gasteiger partial charge in [-0.2, -0.15) is 5.26 Å².